The minimum Gasteiger partial charge on any atom is -0.465 e. The predicted octanol–water partition coefficient (Wildman–Crippen LogP) is 1.42. The highest BCUT2D eigenvalue weighted by Crippen LogP contribution is 1.91. The van der Waals surface area contributed by atoms with Crippen molar-refractivity contribution in [3.05, 3.63) is 0 Å². The summed E-state index contributed by atoms with van der Waals surface area (Å²) in [4.78, 5) is 14.7. The maximum atomic E-state index is 10.9. The standard InChI is InChI=1S/C8H15NO2/c1-4-5-11-8(10)6-7(2)9-3/h4-6H2,1-3H3. The molecule has 0 unspecified atom stereocenters. The van der Waals surface area contributed by atoms with Crippen molar-refractivity contribution >= 4 is 11.7 Å². The van der Waals surface area contributed by atoms with E-state index in [9.17, 15) is 4.79 Å². The molecule has 0 atom stereocenters. The van der Waals surface area contributed by atoms with Gasteiger partial charge in [-0.3, -0.25) is 9.79 Å². The molecule has 0 aliphatic heterocycles. The van der Waals surface area contributed by atoms with Gasteiger partial charge in [-0.05, 0) is 13.3 Å². The van der Waals surface area contributed by atoms with Gasteiger partial charge in [-0.2, -0.15) is 0 Å². The highest BCUT2D eigenvalue weighted by atomic mass is 16.5. The van der Waals surface area contributed by atoms with Crippen LogP contribution in [0.4, 0.5) is 0 Å². The number of ether oxygens (including phenoxy) is 1. The van der Waals surface area contributed by atoms with Gasteiger partial charge >= 0.3 is 5.97 Å². The van der Waals surface area contributed by atoms with Gasteiger partial charge in [-0.15, -0.1) is 0 Å². The van der Waals surface area contributed by atoms with Crippen molar-refractivity contribution in [3.8, 4) is 0 Å². The zero-order valence-corrected chi connectivity index (χ0v) is 7.39. The van der Waals surface area contributed by atoms with Crippen LogP contribution in [0.2, 0.25) is 0 Å². The second-order valence-electron chi connectivity index (χ2n) is 2.36. The van der Waals surface area contributed by atoms with Gasteiger partial charge in [0.1, 0.15) is 0 Å². The largest absolute Gasteiger partial charge is 0.465 e. The Morgan fingerprint density at radius 2 is 2.18 bits per heavy atom. The summed E-state index contributed by atoms with van der Waals surface area (Å²) in [5, 5.41) is 0. The number of carbonyl (C=O) groups excluding carboxylic acids is 1. The van der Waals surface area contributed by atoms with E-state index in [1.54, 1.807) is 7.05 Å². The van der Waals surface area contributed by atoms with Crippen molar-refractivity contribution in [2.75, 3.05) is 13.7 Å². The van der Waals surface area contributed by atoms with E-state index in [0.29, 0.717) is 13.0 Å². The summed E-state index contributed by atoms with van der Waals surface area (Å²) < 4.78 is 4.84. The molecular formula is C8H15NO2. The molecule has 0 saturated heterocycles. The predicted molar refractivity (Wildman–Crippen MR) is 44.9 cm³/mol. The zero-order chi connectivity index (χ0) is 8.69. The lowest BCUT2D eigenvalue weighted by Crippen LogP contribution is -2.09. The van der Waals surface area contributed by atoms with Gasteiger partial charge in [0, 0.05) is 12.8 Å². The smallest absolute Gasteiger partial charge is 0.311 e. The van der Waals surface area contributed by atoms with Crippen molar-refractivity contribution in [2.45, 2.75) is 26.7 Å². The van der Waals surface area contributed by atoms with Crippen molar-refractivity contribution in [3.63, 3.8) is 0 Å². The van der Waals surface area contributed by atoms with E-state index in [1.165, 1.54) is 0 Å². The number of hydrogen-bond donors (Lipinski definition) is 0. The van der Waals surface area contributed by atoms with Crippen LogP contribution in [-0.2, 0) is 9.53 Å². The first-order chi connectivity index (χ1) is 5.20. The molecule has 0 aliphatic rings. The molecule has 0 radical (unpaired) electrons. The number of rotatable bonds is 4. The van der Waals surface area contributed by atoms with Gasteiger partial charge < -0.3 is 4.74 Å². The average Bonchev–Trinajstić information content (AvgIpc) is 2.00. The Morgan fingerprint density at radius 1 is 1.55 bits per heavy atom. The van der Waals surface area contributed by atoms with E-state index >= 15 is 0 Å². The molecular weight excluding hydrogens is 142 g/mol. The summed E-state index contributed by atoms with van der Waals surface area (Å²) >= 11 is 0. The van der Waals surface area contributed by atoms with Crippen LogP contribution < -0.4 is 0 Å². The molecule has 11 heavy (non-hydrogen) atoms. The van der Waals surface area contributed by atoms with Crippen LogP contribution in [0.25, 0.3) is 0 Å². The quantitative estimate of drug-likeness (QED) is 0.457. The Balaban J connectivity index is 3.53. The minimum atomic E-state index is -0.185. The summed E-state index contributed by atoms with van der Waals surface area (Å²) in [6.07, 6.45) is 1.19. The highest BCUT2D eigenvalue weighted by Gasteiger charge is 2.02. The van der Waals surface area contributed by atoms with Crippen LogP contribution >= 0.6 is 0 Å². The molecule has 0 spiro atoms. The Labute approximate surface area is 67.5 Å². The summed E-state index contributed by atoms with van der Waals surface area (Å²) in [5.74, 6) is -0.185. The van der Waals surface area contributed by atoms with Gasteiger partial charge in [-0.25, -0.2) is 0 Å². The average molecular weight is 157 g/mol. The SMILES string of the molecule is CCCOC(=O)CC(C)=NC. The van der Waals surface area contributed by atoms with E-state index in [4.69, 9.17) is 4.74 Å². The van der Waals surface area contributed by atoms with Crippen LogP contribution in [0, 0.1) is 0 Å². The fourth-order valence-corrected chi connectivity index (χ4v) is 0.555. The third kappa shape index (κ3) is 5.58. The normalized spacial score (nSPS) is 11.4. The lowest BCUT2D eigenvalue weighted by atomic mass is 10.3. The Hall–Kier alpha value is -0.860. The van der Waals surface area contributed by atoms with Gasteiger partial charge in [0.25, 0.3) is 0 Å². The monoisotopic (exact) mass is 157 g/mol. The number of esters is 1. The summed E-state index contributed by atoms with van der Waals surface area (Å²) in [5.41, 5.74) is 0.811. The van der Waals surface area contributed by atoms with Gasteiger partial charge in [0.15, 0.2) is 0 Å². The molecule has 0 amide bonds. The molecule has 0 bridgehead atoms. The van der Waals surface area contributed by atoms with Crippen LogP contribution in [-0.4, -0.2) is 25.3 Å². The van der Waals surface area contributed by atoms with E-state index in [2.05, 4.69) is 4.99 Å². The van der Waals surface area contributed by atoms with Gasteiger partial charge in [0.2, 0.25) is 0 Å². The number of nitrogens with zero attached hydrogens (tertiary/aromatic N) is 1. The van der Waals surface area contributed by atoms with Crippen LogP contribution in [0.15, 0.2) is 4.99 Å². The molecule has 0 aromatic carbocycles. The van der Waals surface area contributed by atoms with E-state index in [0.717, 1.165) is 12.1 Å². The molecule has 0 N–H and O–H groups in total. The minimum absolute atomic E-state index is 0.185. The molecule has 0 aromatic rings. The second kappa shape index (κ2) is 5.89. The number of carbonyl (C=O) groups is 1. The fraction of sp³-hybridized carbons (Fsp3) is 0.750. The highest BCUT2D eigenvalue weighted by molar-refractivity contribution is 5.97. The zero-order valence-electron chi connectivity index (χ0n) is 7.39. The summed E-state index contributed by atoms with van der Waals surface area (Å²) in [6, 6.07) is 0. The fourth-order valence-electron chi connectivity index (χ4n) is 0.555. The first kappa shape index (κ1) is 10.1. The Bertz CT molecular complexity index is 152. The van der Waals surface area contributed by atoms with Gasteiger partial charge in [-0.1, -0.05) is 6.92 Å². The third-order valence-corrected chi connectivity index (χ3v) is 1.25. The van der Waals surface area contributed by atoms with Crippen LogP contribution in [0.5, 0.6) is 0 Å². The maximum Gasteiger partial charge on any atom is 0.311 e. The molecule has 0 fully saturated rings. The van der Waals surface area contributed by atoms with Crippen LogP contribution in [0.3, 0.4) is 0 Å². The molecule has 3 nitrogen and oxygen atoms in total. The molecule has 0 heterocycles. The first-order valence-electron chi connectivity index (χ1n) is 3.78. The van der Waals surface area contributed by atoms with E-state index in [-0.39, 0.29) is 5.97 Å². The van der Waals surface area contributed by atoms with Crippen molar-refractivity contribution < 1.29 is 9.53 Å². The lowest BCUT2D eigenvalue weighted by molar-refractivity contribution is -0.142. The maximum absolute atomic E-state index is 10.9. The number of aliphatic imine (C=N–C) groups is 1. The molecule has 3 heteroatoms. The van der Waals surface area contributed by atoms with E-state index in [1.807, 2.05) is 13.8 Å². The van der Waals surface area contributed by atoms with Crippen molar-refractivity contribution in [1.82, 2.24) is 0 Å². The summed E-state index contributed by atoms with van der Waals surface area (Å²) in [6.45, 7) is 4.29. The third-order valence-electron chi connectivity index (χ3n) is 1.25. The first-order valence-corrected chi connectivity index (χ1v) is 3.78. The lowest BCUT2D eigenvalue weighted by Gasteiger charge is -2.01. The Kier molecular flexibility index (Phi) is 5.43. The van der Waals surface area contributed by atoms with Gasteiger partial charge in [0.05, 0.1) is 13.0 Å². The topological polar surface area (TPSA) is 38.7 Å². The Morgan fingerprint density at radius 3 is 2.64 bits per heavy atom. The van der Waals surface area contributed by atoms with E-state index < -0.39 is 0 Å². The van der Waals surface area contributed by atoms with Crippen LogP contribution in [0.1, 0.15) is 26.7 Å². The molecule has 0 rings (SSSR count). The molecule has 0 aliphatic carbocycles. The molecule has 0 aromatic heterocycles. The molecule has 64 valence electrons. The number of hydrogen-bond acceptors (Lipinski definition) is 3. The second-order valence-corrected chi connectivity index (χ2v) is 2.36. The van der Waals surface area contributed by atoms with Crippen molar-refractivity contribution in [1.29, 1.82) is 0 Å². The van der Waals surface area contributed by atoms with Crippen molar-refractivity contribution in [2.24, 2.45) is 4.99 Å². The summed E-state index contributed by atoms with van der Waals surface area (Å²) in [7, 11) is 1.67. The molecule has 0 saturated carbocycles.